The molecule has 3 aromatic heterocycles. The highest BCUT2D eigenvalue weighted by molar-refractivity contribution is 7.19. The van der Waals surface area contributed by atoms with Crippen molar-refractivity contribution in [3.8, 4) is 11.1 Å². The van der Waals surface area contributed by atoms with Crippen LogP contribution in [0.5, 0.6) is 0 Å². The van der Waals surface area contributed by atoms with E-state index in [2.05, 4.69) is 10.4 Å². The first-order valence-corrected chi connectivity index (χ1v) is 11.5. The van der Waals surface area contributed by atoms with Crippen molar-refractivity contribution in [2.45, 2.75) is 19.8 Å². The Morgan fingerprint density at radius 1 is 1.12 bits per heavy atom. The minimum absolute atomic E-state index is 0.175. The van der Waals surface area contributed by atoms with Crippen LogP contribution < -0.4 is 11.0 Å². The average molecular weight is 463 g/mol. The maximum atomic E-state index is 13.3. The van der Waals surface area contributed by atoms with Crippen LogP contribution in [-0.4, -0.2) is 39.5 Å². The van der Waals surface area contributed by atoms with Gasteiger partial charge in [-0.1, -0.05) is 30.3 Å². The van der Waals surface area contributed by atoms with Gasteiger partial charge in [0.15, 0.2) is 5.76 Å². The molecule has 4 heterocycles. The summed E-state index contributed by atoms with van der Waals surface area (Å²) in [6, 6.07) is 13.0. The summed E-state index contributed by atoms with van der Waals surface area (Å²) in [5.41, 5.74) is 4.20. The molecule has 1 aromatic carbocycles. The quantitative estimate of drug-likeness (QED) is 0.499. The van der Waals surface area contributed by atoms with Crippen LogP contribution in [0.4, 0.5) is 0 Å². The van der Waals surface area contributed by atoms with Gasteiger partial charge in [0, 0.05) is 29.4 Å². The maximum Gasteiger partial charge on any atom is 0.289 e. The van der Waals surface area contributed by atoms with E-state index in [-0.39, 0.29) is 23.3 Å². The summed E-state index contributed by atoms with van der Waals surface area (Å²) in [6.07, 6.45) is 3.85. The Labute approximate surface area is 193 Å². The highest BCUT2D eigenvalue weighted by Gasteiger charge is 2.29. The van der Waals surface area contributed by atoms with Crippen molar-refractivity contribution in [1.29, 1.82) is 0 Å². The number of aromatic nitrogens is 2. The van der Waals surface area contributed by atoms with Crippen molar-refractivity contribution in [2.75, 3.05) is 18.5 Å². The number of aryl methyl sites for hydroxylation is 1. The van der Waals surface area contributed by atoms with Crippen molar-refractivity contribution in [1.82, 2.24) is 14.6 Å². The van der Waals surface area contributed by atoms with Crippen molar-refractivity contribution in [2.24, 2.45) is 5.92 Å². The molecule has 0 spiro atoms. The Morgan fingerprint density at radius 2 is 1.88 bits per heavy atom. The molecule has 1 aliphatic rings. The molecule has 0 unspecified atom stereocenters. The number of amides is 2. The lowest BCUT2D eigenvalue weighted by atomic mass is 9.96. The number of thiophene rings is 1. The number of nitrogens with zero attached hydrogens (tertiary/aromatic N) is 3. The number of rotatable bonds is 4. The average Bonchev–Trinajstić information content (AvgIpc) is 3.49. The Morgan fingerprint density at radius 3 is 2.58 bits per heavy atom. The predicted octanol–water partition coefficient (Wildman–Crippen LogP) is 3.65. The number of hydrogen-bond donors (Lipinski definition) is 1. The van der Waals surface area contributed by atoms with Crippen LogP contribution in [0, 0.1) is 12.8 Å². The summed E-state index contributed by atoms with van der Waals surface area (Å²) in [6.45, 7) is 2.87. The molecule has 8 nitrogen and oxygen atoms in total. The highest BCUT2D eigenvalue weighted by atomic mass is 32.1. The molecule has 1 N–H and O–H groups in total. The lowest BCUT2D eigenvalue weighted by Crippen LogP contribution is -2.43. The first-order chi connectivity index (χ1) is 16.0. The number of benzene rings is 1. The van der Waals surface area contributed by atoms with Gasteiger partial charge in [0.05, 0.1) is 11.6 Å². The Balaban J connectivity index is 1.34. The highest BCUT2D eigenvalue weighted by Crippen LogP contribution is 2.35. The molecule has 0 saturated carbocycles. The molecule has 0 aliphatic carbocycles. The fraction of sp³-hybridized carbons (Fsp3) is 0.250. The molecule has 33 heavy (non-hydrogen) atoms. The fourth-order valence-electron chi connectivity index (χ4n) is 4.25. The van der Waals surface area contributed by atoms with Crippen molar-refractivity contribution in [3.05, 3.63) is 76.0 Å². The normalized spacial score (nSPS) is 14.5. The standard InChI is InChI=1S/C24H22N4O4S/c1-15-19(16-6-3-2-4-7-16)20-22(33-15)25-14-28(24(20)31)26-21(29)17-9-11-27(12-10-17)23(30)18-8-5-13-32-18/h2-8,13-14,17H,9-12H2,1H3,(H,26,29). The molecule has 1 aliphatic heterocycles. The third-order valence-corrected chi connectivity index (χ3v) is 6.98. The molecule has 0 radical (unpaired) electrons. The molecule has 168 valence electrons. The van der Waals surface area contributed by atoms with Gasteiger partial charge in [-0.25, -0.2) is 9.66 Å². The second-order valence-electron chi connectivity index (χ2n) is 8.02. The van der Waals surface area contributed by atoms with Gasteiger partial charge in [-0.2, -0.15) is 0 Å². The number of nitrogens with one attached hydrogen (secondary N) is 1. The van der Waals surface area contributed by atoms with E-state index in [9.17, 15) is 14.4 Å². The summed E-state index contributed by atoms with van der Waals surface area (Å²) in [5.74, 6) is -0.433. The van der Waals surface area contributed by atoms with E-state index in [1.165, 1.54) is 28.6 Å². The van der Waals surface area contributed by atoms with E-state index >= 15 is 0 Å². The van der Waals surface area contributed by atoms with Crippen molar-refractivity contribution >= 4 is 33.4 Å². The lowest BCUT2D eigenvalue weighted by Gasteiger charge is -2.30. The Bertz CT molecular complexity index is 1370. The summed E-state index contributed by atoms with van der Waals surface area (Å²) >= 11 is 1.46. The van der Waals surface area contributed by atoms with Gasteiger partial charge in [0.2, 0.25) is 5.91 Å². The Hall–Kier alpha value is -3.72. The smallest absolute Gasteiger partial charge is 0.289 e. The maximum absolute atomic E-state index is 13.3. The van der Waals surface area contributed by atoms with Crippen molar-refractivity contribution in [3.63, 3.8) is 0 Å². The summed E-state index contributed by atoms with van der Waals surface area (Å²) in [7, 11) is 0. The van der Waals surface area contributed by atoms with Gasteiger partial charge >= 0.3 is 0 Å². The molecule has 1 fully saturated rings. The Kier molecular flexibility index (Phi) is 5.55. The first-order valence-electron chi connectivity index (χ1n) is 10.7. The molecule has 1 saturated heterocycles. The van der Waals surface area contributed by atoms with E-state index in [1.807, 2.05) is 37.3 Å². The van der Waals surface area contributed by atoms with Crippen LogP contribution in [0.15, 0.2) is 64.3 Å². The molecular formula is C24H22N4O4S. The topological polar surface area (TPSA) is 97.4 Å². The minimum atomic E-state index is -0.304. The van der Waals surface area contributed by atoms with Crippen molar-refractivity contribution < 1.29 is 14.0 Å². The lowest BCUT2D eigenvalue weighted by molar-refractivity contribution is -0.122. The fourth-order valence-corrected chi connectivity index (χ4v) is 5.25. The van der Waals surface area contributed by atoms with E-state index < -0.39 is 0 Å². The zero-order chi connectivity index (χ0) is 22.9. The van der Waals surface area contributed by atoms with Gasteiger partial charge in [-0.05, 0) is 37.5 Å². The van der Waals surface area contributed by atoms with Gasteiger partial charge in [0.1, 0.15) is 11.2 Å². The number of furan rings is 1. The van der Waals surface area contributed by atoms with Crippen LogP contribution >= 0.6 is 11.3 Å². The van der Waals surface area contributed by atoms with Gasteiger partial charge in [0.25, 0.3) is 11.5 Å². The number of fused-ring (bicyclic) bond motifs is 1. The van der Waals surface area contributed by atoms with Gasteiger partial charge in [-0.15, -0.1) is 11.3 Å². The largest absolute Gasteiger partial charge is 0.459 e. The van der Waals surface area contributed by atoms with Crippen LogP contribution in [0.1, 0.15) is 28.3 Å². The third kappa shape index (κ3) is 3.95. The van der Waals surface area contributed by atoms with Crippen LogP contribution in [0.2, 0.25) is 0 Å². The summed E-state index contributed by atoms with van der Waals surface area (Å²) in [4.78, 5) is 46.4. The van der Waals surface area contributed by atoms with Crippen LogP contribution in [-0.2, 0) is 4.79 Å². The third-order valence-electron chi connectivity index (χ3n) is 5.97. The number of piperidine rings is 1. The van der Waals surface area contributed by atoms with E-state index in [0.29, 0.717) is 41.9 Å². The number of carbonyl (C=O) groups is 2. The molecule has 5 rings (SSSR count). The molecule has 0 bridgehead atoms. The minimum Gasteiger partial charge on any atom is -0.459 e. The molecular weight excluding hydrogens is 440 g/mol. The number of likely N-dealkylation sites (tertiary alicyclic amines) is 1. The second-order valence-corrected chi connectivity index (χ2v) is 9.22. The molecule has 2 amide bonds. The molecule has 9 heteroatoms. The zero-order valence-electron chi connectivity index (χ0n) is 18.0. The monoisotopic (exact) mass is 462 g/mol. The number of carbonyl (C=O) groups excluding carboxylic acids is 2. The summed E-state index contributed by atoms with van der Waals surface area (Å²) < 4.78 is 6.35. The van der Waals surface area contributed by atoms with Gasteiger partial charge < -0.3 is 9.32 Å². The van der Waals surface area contributed by atoms with E-state index in [0.717, 1.165) is 16.0 Å². The summed E-state index contributed by atoms with van der Waals surface area (Å²) in [5, 5.41) is 0.505. The first kappa shape index (κ1) is 21.1. The SMILES string of the molecule is Cc1sc2ncn(NC(=O)C3CCN(C(=O)c4ccco4)CC3)c(=O)c2c1-c1ccccc1. The number of hydrogen-bond acceptors (Lipinski definition) is 6. The van der Waals surface area contributed by atoms with Crippen LogP contribution in [0.25, 0.3) is 21.3 Å². The predicted molar refractivity (Wildman–Crippen MR) is 126 cm³/mol. The molecule has 0 atom stereocenters. The van der Waals surface area contributed by atoms with E-state index in [1.54, 1.807) is 17.0 Å². The van der Waals surface area contributed by atoms with Crippen LogP contribution in [0.3, 0.4) is 0 Å². The second kappa shape index (κ2) is 8.67. The van der Waals surface area contributed by atoms with E-state index in [4.69, 9.17) is 4.42 Å². The zero-order valence-corrected chi connectivity index (χ0v) is 18.8. The molecule has 4 aromatic rings. The van der Waals surface area contributed by atoms with Gasteiger partial charge in [-0.3, -0.25) is 19.8 Å².